The van der Waals surface area contributed by atoms with Gasteiger partial charge in [0, 0.05) is 22.9 Å². The lowest BCUT2D eigenvalue weighted by molar-refractivity contribution is -0.384. The summed E-state index contributed by atoms with van der Waals surface area (Å²) in [5, 5.41) is 14.7. The van der Waals surface area contributed by atoms with E-state index < -0.39 is 4.92 Å². The minimum Gasteiger partial charge on any atom is -0.338 e. The zero-order valence-corrected chi connectivity index (χ0v) is 14.1. The molecule has 3 rings (SSSR count). The van der Waals surface area contributed by atoms with Crippen LogP contribution in [0.5, 0.6) is 0 Å². The Balaban J connectivity index is 1.63. The summed E-state index contributed by atoms with van der Waals surface area (Å²) < 4.78 is 18.2. The molecule has 3 aromatic rings. The maximum Gasteiger partial charge on any atom is 0.269 e. The summed E-state index contributed by atoms with van der Waals surface area (Å²) in [4.78, 5) is 14.5. The lowest BCUT2D eigenvalue weighted by atomic mass is 10.2. The number of hydrogen-bond donors (Lipinski definition) is 0. The van der Waals surface area contributed by atoms with Crippen LogP contribution in [0.4, 0.5) is 10.1 Å². The molecular formula is C17H14FN3O3S. The van der Waals surface area contributed by atoms with Crippen LogP contribution in [0.1, 0.15) is 23.6 Å². The Labute approximate surface area is 147 Å². The predicted octanol–water partition coefficient (Wildman–Crippen LogP) is 4.78. The van der Waals surface area contributed by atoms with Crippen molar-refractivity contribution in [3.05, 3.63) is 75.9 Å². The van der Waals surface area contributed by atoms with Crippen molar-refractivity contribution in [2.75, 3.05) is 0 Å². The molecule has 0 aliphatic heterocycles. The molecule has 0 fully saturated rings. The molecule has 6 nitrogen and oxygen atoms in total. The van der Waals surface area contributed by atoms with Gasteiger partial charge in [0.15, 0.2) is 0 Å². The van der Waals surface area contributed by atoms with E-state index in [4.69, 9.17) is 4.52 Å². The number of nitro benzene ring substituents is 1. The first-order chi connectivity index (χ1) is 12.0. The number of thioether (sulfide) groups is 1. The molecule has 1 heterocycles. The molecule has 2 aromatic carbocycles. The Bertz CT molecular complexity index is 866. The topological polar surface area (TPSA) is 82.1 Å². The number of benzene rings is 2. The second-order valence-electron chi connectivity index (χ2n) is 5.32. The molecule has 0 saturated heterocycles. The second kappa shape index (κ2) is 7.43. The van der Waals surface area contributed by atoms with E-state index in [1.165, 1.54) is 24.3 Å². The molecule has 8 heteroatoms. The van der Waals surface area contributed by atoms with Crippen molar-refractivity contribution in [2.24, 2.45) is 0 Å². The van der Waals surface area contributed by atoms with Crippen molar-refractivity contribution >= 4 is 17.4 Å². The Morgan fingerprint density at radius 2 is 1.88 bits per heavy atom. The number of non-ortho nitro benzene ring substituents is 1. The van der Waals surface area contributed by atoms with Crippen molar-refractivity contribution in [2.45, 2.75) is 17.9 Å². The molecule has 1 unspecified atom stereocenters. The van der Waals surface area contributed by atoms with Gasteiger partial charge in [0.05, 0.1) is 10.7 Å². The Kier molecular flexibility index (Phi) is 5.08. The molecule has 0 amide bonds. The quantitative estimate of drug-likeness (QED) is 0.465. The van der Waals surface area contributed by atoms with Crippen molar-refractivity contribution in [1.29, 1.82) is 0 Å². The van der Waals surface area contributed by atoms with Gasteiger partial charge in [0.1, 0.15) is 5.82 Å². The number of aromatic nitrogens is 2. The van der Waals surface area contributed by atoms with Crippen LogP contribution >= 0.6 is 11.8 Å². The summed E-state index contributed by atoms with van der Waals surface area (Å²) in [6.45, 7) is 2.02. The van der Waals surface area contributed by atoms with E-state index in [1.54, 1.807) is 36.0 Å². The minimum atomic E-state index is -0.459. The Morgan fingerprint density at radius 1 is 1.20 bits per heavy atom. The van der Waals surface area contributed by atoms with Crippen molar-refractivity contribution in [3.63, 3.8) is 0 Å². The van der Waals surface area contributed by atoms with Gasteiger partial charge in [-0.05, 0) is 36.8 Å². The van der Waals surface area contributed by atoms with Crippen LogP contribution in [0.3, 0.4) is 0 Å². The molecule has 0 N–H and O–H groups in total. The number of nitro groups is 1. The van der Waals surface area contributed by atoms with E-state index in [-0.39, 0.29) is 16.8 Å². The van der Waals surface area contributed by atoms with E-state index in [2.05, 4.69) is 10.1 Å². The largest absolute Gasteiger partial charge is 0.338 e. The van der Waals surface area contributed by atoms with Crippen LogP contribution in [0.15, 0.2) is 53.1 Å². The standard InChI is InChI=1S/C17H14FN3O3S/c1-11(12-2-6-14(18)7-3-12)25-10-16-19-17(20-24-16)13-4-8-15(9-5-13)21(22)23/h2-9,11H,10H2,1H3. The van der Waals surface area contributed by atoms with E-state index >= 15 is 0 Å². The Hall–Kier alpha value is -2.74. The van der Waals surface area contributed by atoms with Crippen LogP contribution in [0.25, 0.3) is 11.4 Å². The van der Waals surface area contributed by atoms with Gasteiger partial charge in [0.25, 0.3) is 5.69 Å². The van der Waals surface area contributed by atoms with Gasteiger partial charge in [-0.25, -0.2) is 4.39 Å². The fourth-order valence-electron chi connectivity index (χ4n) is 2.19. The van der Waals surface area contributed by atoms with Gasteiger partial charge in [-0.1, -0.05) is 17.3 Å². The van der Waals surface area contributed by atoms with Crippen LogP contribution in [-0.2, 0) is 5.75 Å². The highest BCUT2D eigenvalue weighted by Crippen LogP contribution is 2.31. The summed E-state index contributed by atoms with van der Waals surface area (Å²) in [6, 6.07) is 12.3. The predicted molar refractivity (Wildman–Crippen MR) is 92.5 cm³/mol. The average molecular weight is 359 g/mol. The smallest absolute Gasteiger partial charge is 0.269 e. The Morgan fingerprint density at radius 3 is 2.52 bits per heavy atom. The maximum absolute atomic E-state index is 13.0. The number of hydrogen-bond acceptors (Lipinski definition) is 6. The highest BCUT2D eigenvalue weighted by atomic mass is 32.2. The zero-order chi connectivity index (χ0) is 17.8. The SMILES string of the molecule is CC(SCc1nc(-c2ccc([N+](=O)[O-])cc2)no1)c1ccc(F)cc1. The van der Waals surface area contributed by atoms with Gasteiger partial charge in [-0.2, -0.15) is 4.98 Å². The first-order valence-corrected chi connectivity index (χ1v) is 8.52. The third-order valence-corrected chi connectivity index (χ3v) is 4.79. The first kappa shape index (κ1) is 17.1. The minimum absolute atomic E-state index is 0.0103. The van der Waals surface area contributed by atoms with Gasteiger partial charge in [-0.3, -0.25) is 10.1 Å². The molecule has 0 aliphatic carbocycles. The molecule has 0 bridgehead atoms. The average Bonchev–Trinajstić information content (AvgIpc) is 3.09. The monoisotopic (exact) mass is 359 g/mol. The molecule has 1 atom stereocenters. The lowest BCUT2D eigenvalue weighted by Gasteiger charge is -2.09. The summed E-state index contributed by atoms with van der Waals surface area (Å²) in [5.41, 5.74) is 1.68. The van der Waals surface area contributed by atoms with Crippen LogP contribution < -0.4 is 0 Å². The fourth-order valence-corrected chi connectivity index (χ4v) is 3.05. The number of nitrogens with zero attached hydrogens (tertiary/aromatic N) is 3. The summed E-state index contributed by atoms with van der Waals surface area (Å²) >= 11 is 1.60. The van der Waals surface area contributed by atoms with Crippen LogP contribution in [-0.4, -0.2) is 15.1 Å². The van der Waals surface area contributed by atoms with Crippen molar-refractivity contribution < 1.29 is 13.8 Å². The van der Waals surface area contributed by atoms with Crippen molar-refractivity contribution in [1.82, 2.24) is 10.1 Å². The maximum atomic E-state index is 13.0. The fraction of sp³-hybridized carbons (Fsp3) is 0.176. The van der Waals surface area contributed by atoms with Crippen LogP contribution in [0, 0.1) is 15.9 Å². The van der Waals surface area contributed by atoms with Crippen molar-refractivity contribution in [3.8, 4) is 11.4 Å². The summed E-state index contributed by atoms with van der Waals surface area (Å²) in [7, 11) is 0. The molecule has 1 aromatic heterocycles. The van der Waals surface area contributed by atoms with Crippen LogP contribution in [0.2, 0.25) is 0 Å². The van der Waals surface area contributed by atoms with E-state index in [1.807, 2.05) is 6.92 Å². The molecule has 0 aliphatic rings. The summed E-state index contributed by atoms with van der Waals surface area (Å²) in [5.74, 6) is 1.11. The van der Waals surface area contributed by atoms with Gasteiger partial charge in [0.2, 0.25) is 11.7 Å². The summed E-state index contributed by atoms with van der Waals surface area (Å²) in [6.07, 6.45) is 0. The van der Waals surface area contributed by atoms with Gasteiger partial charge in [-0.15, -0.1) is 11.8 Å². The highest BCUT2D eigenvalue weighted by molar-refractivity contribution is 7.98. The molecule has 0 saturated carbocycles. The second-order valence-corrected chi connectivity index (χ2v) is 6.65. The normalized spacial score (nSPS) is 12.1. The van der Waals surface area contributed by atoms with E-state index in [0.29, 0.717) is 23.0 Å². The third-order valence-electron chi connectivity index (χ3n) is 3.60. The lowest BCUT2D eigenvalue weighted by Crippen LogP contribution is -1.91. The molecule has 25 heavy (non-hydrogen) atoms. The zero-order valence-electron chi connectivity index (χ0n) is 13.3. The molecular weight excluding hydrogens is 345 g/mol. The molecule has 0 spiro atoms. The van der Waals surface area contributed by atoms with E-state index in [0.717, 1.165) is 5.56 Å². The van der Waals surface area contributed by atoms with Gasteiger partial charge < -0.3 is 4.52 Å². The number of rotatable bonds is 6. The highest BCUT2D eigenvalue weighted by Gasteiger charge is 2.13. The first-order valence-electron chi connectivity index (χ1n) is 7.47. The van der Waals surface area contributed by atoms with E-state index in [9.17, 15) is 14.5 Å². The number of halogens is 1. The van der Waals surface area contributed by atoms with Gasteiger partial charge >= 0.3 is 0 Å². The molecule has 0 radical (unpaired) electrons. The molecule has 128 valence electrons. The third kappa shape index (κ3) is 4.21.